The quantitative estimate of drug-likeness (QED) is 0.602. The minimum absolute atomic E-state index is 0.227. The van der Waals surface area contributed by atoms with E-state index in [2.05, 4.69) is 34.1 Å². The second-order valence-electron chi connectivity index (χ2n) is 8.36. The lowest BCUT2D eigenvalue weighted by atomic mass is 10.1. The molecular formula is C24H32ClN5O2. The molecular weight excluding hydrogens is 426 g/mol. The van der Waals surface area contributed by atoms with E-state index in [1.54, 1.807) is 12.1 Å². The van der Waals surface area contributed by atoms with Gasteiger partial charge in [-0.05, 0) is 56.4 Å². The molecule has 1 aliphatic rings. The van der Waals surface area contributed by atoms with Crippen LogP contribution in [0.3, 0.4) is 0 Å². The number of nitrogens with one attached hydrogen (secondary N) is 1. The maximum Gasteiger partial charge on any atom is 0.251 e. The van der Waals surface area contributed by atoms with Crippen LogP contribution in [0.1, 0.15) is 26.3 Å². The van der Waals surface area contributed by atoms with Crippen molar-refractivity contribution >= 4 is 29.1 Å². The number of carbonyl (C=O) groups is 2. The van der Waals surface area contributed by atoms with Gasteiger partial charge in [0.15, 0.2) is 0 Å². The fourth-order valence-electron chi connectivity index (χ4n) is 3.82. The number of nitrogens with zero attached hydrogens (tertiary/aromatic N) is 3. The standard InChI is InChI=1S/C24H32ClN5O2/c1-28(2)10-11-29-12-14-30(15-13-29)22-7-6-19(17-21(22)23(26)31)24(32)27-9-8-18-4-3-5-20(25)16-18/h3-7,16-17H,8-15H2,1-2H3,(H2,26,31)(H,27,32). The number of anilines is 1. The van der Waals surface area contributed by atoms with Gasteiger partial charge >= 0.3 is 0 Å². The fraction of sp³-hybridized carbons (Fsp3) is 0.417. The van der Waals surface area contributed by atoms with Crippen molar-refractivity contribution in [3.63, 3.8) is 0 Å². The number of benzene rings is 2. The number of hydrogen-bond donors (Lipinski definition) is 2. The van der Waals surface area contributed by atoms with E-state index in [0.717, 1.165) is 50.5 Å². The number of hydrogen-bond acceptors (Lipinski definition) is 5. The molecule has 2 aromatic rings. The zero-order valence-electron chi connectivity index (χ0n) is 18.8. The van der Waals surface area contributed by atoms with Crippen molar-refractivity contribution in [2.24, 2.45) is 5.73 Å². The zero-order chi connectivity index (χ0) is 23.1. The van der Waals surface area contributed by atoms with Gasteiger partial charge < -0.3 is 20.9 Å². The van der Waals surface area contributed by atoms with E-state index in [1.807, 2.05) is 30.3 Å². The van der Waals surface area contributed by atoms with E-state index < -0.39 is 5.91 Å². The summed E-state index contributed by atoms with van der Waals surface area (Å²) in [6, 6.07) is 12.8. The number of nitrogens with two attached hydrogens (primary N) is 1. The van der Waals surface area contributed by atoms with E-state index in [9.17, 15) is 9.59 Å². The molecule has 0 saturated carbocycles. The highest BCUT2D eigenvalue weighted by Crippen LogP contribution is 2.23. The molecule has 0 aromatic heterocycles. The third kappa shape index (κ3) is 6.69. The summed E-state index contributed by atoms with van der Waals surface area (Å²) in [5, 5.41) is 3.58. The predicted octanol–water partition coefficient (Wildman–Crippen LogP) is 2.10. The Balaban J connectivity index is 1.60. The van der Waals surface area contributed by atoms with Crippen LogP contribution in [-0.2, 0) is 6.42 Å². The highest BCUT2D eigenvalue weighted by atomic mass is 35.5. The van der Waals surface area contributed by atoms with Crippen LogP contribution >= 0.6 is 11.6 Å². The highest BCUT2D eigenvalue weighted by molar-refractivity contribution is 6.30. The monoisotopic (exact) mass is 457 g/mol. The van der Waals surface area contributed by atoms with E-state index in [-0.39, 0.29) is 5.91 Å². The van der Waals surface area contributed by atoms with E-state index in [0.29, 0.717) is 29.1 Å². The number of likely N-dealkylation sites (N-methyl/N-ethyl adjacent to an activating group) is 1. The molecule has 0 radical (unpaired) electrons. The Kier molecular flexibility index (Phi) is 8.50. The number of rotatable bonds is 9. The van der Waals surface area contributed by atoms with Gasteiger partial charge in [-0.2, -0.15) is 0 Å². The van der Waals surface area contributed by atoms with Gasteiger partial charge in [0.2, 0.25) is 0 Å². The average molecular weight is 458 g/mol. The Morgan fingerprint density at radius 3 is 2.50 bits per heavy atom. The summed E-state index contributed by atoms with van der Waals surface area (Å²) in [5.74, 6) is -0.752. The molecule has 0 bridgehead atoms. The lowest BCUT2D eigenvalue weighted by molar-refractivity contribution is 0.0954. The second-order valence-corrected chi connectivity index (χ2v) is 8.80. The second kappa shape index (κ2) is 11.3. The number of carbonyl (C=O) groups excluding carboxylic acids is 2. The van der Waals surface area contributed by atoms with E-state index >= 15 is 0 Å². The lowest BCUT2D eigenvalue weighted by Gasteiger charge is -2.37. The van der Waals surface area contributed by atoms with Gasteiger partial charge in [0.25, 0.3) is 11.8 Å². The van der Waals surface area contributed by atoms with Crippen LogP contribution in [0.5, 0.6) is 0 Å². The highest BCUT2D eigenvalue weighted by Gasteiger charge is 2.22. The molecule has 32 heavy (non-hydrogen) atoms. The molecule has 172 valence electrons. The fourth-order valence-corrected chi connectivity index (χ4v) is 4.03. The SMILES string of the molecule is CN(C)CCN1CCN(c2ccc(C(=O)NCCc3cccc(Cl)c3)cc2C(N)=O)CC1. The topological polar surface area (TPSA) is 81.9 Å². The predicted molar refractivity (Wildman–Crippen MR) is 130 cm³/mol. The zero-order valence-corrected chi connectivity index (χ0v) is 19.6. The normalized spacial score (nSPS) is 14.6. The van der Waals surface area contributed by atoms with Crippen LogP contribution in [0.25, 0.3) is 0 Å². The lowest BCUT2D eigenvalue weighted by Crippen LogP contribution is -2.48. The van der Waals surface area contributed by atoms with Gasteiger partial charge in [0, 0.05) is 62.1 Å². The molecule has 3 N–H and O–H groups in total. The molecule has 2 aromatic carbocycles. The maximum absolute atomic E-state index is 12.6. The van der Waals surface area contributed by atoms with E-state index in [4.69, 9.17) is 17.3 Å². The Morgan fingerprint density at radius 2 is 1.84 bits per heavy atom. The summed E-state index contributed by atoms with van der Waals surface area (Å²) >= 11 is 6.00. The molecule has 1 aliphatic heterocycles. The molecule has 3 rings (SSSR count). The smallest absolute Gasteiger partial charge is 0.251 e. The Morgan fingerprint density at radius 1 is 1.09 bits per heavy atom. The summed E-state index contributed by atoms with van der Waals surface area (Å²) in [5.41, 5.74) is 8.32. The van der Waals surface area contributed by atoms with Crippen LogP contribution in [-0.4, -0.2) is 81.5 Å². The Hall–Kier alpha value is -2.61. The van der Waals surface area contributed by atoms with Gasteiger partial charge in [-0.25, -0.2) is 0 Å². The summed E-state index contributed by atoms with van der Waals surface area (Å²) in [7, 11) is 4.15. The summed E-state index contributed by atoms with van der Waals surface area (Å²) in [6.45, 7) is 6.01. The van der Waals surface area contributed by atoms with Crippen molar-refractivity contribution in [1.29, 1.82) is 0 Å². The van der Waals surface area contributed by atoms with Crippen molar-refractivity contribution in [1.82, 2.24) is 15.1 Å². The molecule has 0 atom stereocenters. The van der Waals surface area contributed by atoms with Crippen molar-refractivity contribution in [3.8, 4) is 0 Å². The van der Waals surface area contributed by atoms with Crippen LogP contribution in [0.2, 0.25) is 5.02 Å². The molecule has 7 nitrogen and oxygen atoms in total. The molecule has 2 amide bonds. The molecule has 1 heterocycles. The van der Waals surface area contributed by atoms with Crippen molar-refractivity contribution in [3.05, 3.63) is 64.2 Å². The van der Waals surface area contributed by atoms with Gasteiger partial charge in [0.05, 0.1) is 5.56 Å². The minimum Gasteiger partial charge on any atom is -0.368 e. The minimum atomic E-state index is -0.524. The van der Waals surface area contributed by atoms with Crippen molar-refractivity contribution < 1.29 is 9.59 Å². The Labute approximate surface area is 195 Å². The van der Waals surface area contributed by atoms with Gasteiger partial charge in [-0.3, -0.25) is 14.5 Å². The number of piperazine rings is 1. The molecule has 0 unspecified atom stereocenters. The molecule has 1 saturated heterocycles. The van der Waals surface area contributed by atoms with Gasteiger partial charge in [0.1, 0.15) is 0 Å². The average Bonchev–Trinajstić information content (AvgIpc) is 2.77. The molecule has 0 aliphatic carbocycles. The van der Waals surface area contributed by atoms with Crippen molar-refractivity contribution in [2.75, 3.05) is 64.8 Å². The van der Waals surface area contributed by atoms with E-state index in [1.165, 1.54) is 0 Å². The number of halogens is 1. The van der Waals surface area contributed by atoms with Crippen LogP contribution in [0, 0.1) is 0 Å². The summed E-state index contributed by atoms with van der Waals surface area (Å²) in [6.07, 6.45) is 0.672. The maximum atomic E-state index is 12.6. The first-order chi connectivity index (χ1) is 15.3. The van der Waals surface area contributed by atoms with Gasteiger partial charge in [-0.1, -0.05) is 23.7 Å². The number of primary amides is 1. The number of amides is 2. The third-order valence-corrected chi connectivity index (χ3v) is 5.92. The van der Waals surface area contributed by atoms with Crippen LogP contribution < -0.4 is 16.0 Å². The van der Waals surface area contributed by atoms with Crippen LogP contribution in [0.4, 0.5) is 5.69 Å². The third-order valence-electron chi connectivity index (χ3n) is 5.69. The summed E-state index contributed by atoms with van der Waals surface area (Å²) in [4.78, 5) is 31.5. The molecule has 8 heteroatoms. The molecule has 1 fully saturated rings. The van der Waals surface area contributed by atoms with Crippen molar-refractivity contribution in [2.45, 2.75) is 6.42 Å². The largest absolute Gasteiger partial charge is 0.368 e. The van der Waals surface area contributed by atoms with Gasteiger partial charge in [-0.15, -0.1) is 0 Å². The Bertz CT molecular complexity index is 942. The first-order valence-electron chi connectivity index (χ1n) is 10.9. The first-order valence-corrected chi connectivity index (χ1v) is 11.3. The van der Waals surface area contributed by atoms with Crippen LogP contribution in [0.15, 0.2) is 42.5 Å². The summed E-state index contributed by atoms with van der Waals surface area (Å²) < 4.78 is 0. The first kappa shape index (κ1) is 24.0. The molecule has 0 spiro atoms.